The van der Waals surface area contributed by atoms with Gasteiger partial charge in [0.15, 0.2) is 17.4 Å². The number of aliphatic hydroxyl groups excluding tert-OH is 1. The molecule has 0 radical (unpaired) electrons. The number of carbonyl (C=O) groups is 1. The van der Waals surface area contributed by atoms with Crippen LogP contribution in [0.15, 0.2) is 41.5 Å². The van der Waals surface area contributed by atoms with Crippen molar-refractivity contribution < 1.29 is 44.5 Å². The summed E-state index contributed by atoms with van der Waals surface area (Å²) in [5.41, 5.74) is 0.974. The molecule has 42 heavy (non-hydrogen) atoms. The molecule has 1 aromatic carbocycles. The van der Waals surface area contributed by atoms with Crippen LogP contribution in [0.3, 0.4) is 0 Å². The Balaban J connectivity index is 1.73. The molecule has 0 amide bonds. The zero-order chi connectivity index (χ0) is 32.4. The third-order valence-electron chi connectivity index (χ3n) is 5.95. The average Bonchev–Trinajstić information content (AvgIpc) is 3.46. The molecule has 2 aromatic heterocycles. The van der Waals surface area contributed by atoms with E-state index in [1.54, 1.807) is 32.0 Å². The van der Waals surface area contributed by atoms with Crippen LogP contribution in [-0.4, -0.2) is 74.0 Å². The number of nitrogens with two attached hydrogens (primary N) is 1. The molecule has 0 aliphatic carbocycles. The molecule has 4 N–H and O–H groups in total. The fourth-order valence-corrected chi connectivity index (χ4v) is 5.80. The van der Waals surface area contributed by atoms with Gasteiger partial charge in [0.25, 0.3) is 5.56 Å². The highest BCUT2D eigenvalue weighted by Gasteiger charge is 2.58. The van der Waals surface area contributed by atoms with Gasteiger partial charge >= 0.3 is 13.6 Å². The monoisotopic (exact) mass is 611 g/mol. The van der Waals surface area contributed by atoms with Crippen molar-refractivity contribution >= 4 is 30.7 Å². The number of esters is 1. The van der Waals surface area contributed by atoms with E-state index >= 15 is 4.39 Å². The number of benzene rings is 1. The topological polar surface area (TPSA) is 181 Å². The van der Waals surface area contributed by atoms with Gasteiger partial charge in [0.2, 0.25) is 11.6 Å². The number of aromatic nitrogens is 4. The van der Waals surface area contributed by atoms with Crippen molar-refractivity contribution in [1.82, 2.24) is 19.5 Å². The van der Waals surface area contributed by atoms with Crippen LogP contribution in [0, 0.1) is 17.8 Å². The second-order valence-electron chi connectivity index (χ2n) is 9.63. The number of H-pyrrole nitrogens is 1. The molecule has 16 heteroatoms. The maximum Gasteiger partial charge on any atom is 0.380 e. The molecule has 0 spiro atoms. The van der Waals surface area contributed by atoms with Crippen LogP contribution in [0.2, 0.25) is 0 Å². The van der Waals surface area contributed by atoms with Gasteiger partial charge in [-0.3, -0.25) is 23.7 Å². The zero-order valence-corrected chi connectivity index (χ0v) is 23.6. The number of carbonyl (C=O) groups excluding carboxylic acids is 1. The number of halogens is 2. The minimum Gasteiger partial charge on any atom is -0.463 e. The van der Waals surface area contributed by atoms with Gasteiger partial charge in [-0.1, -0.05) is 37.0 Å². The lowest BCUT2D eigenvalue weighted by atomic mass is 9.96. The van der Waals surface area contributed by atoms with Crippen LogP contribution in [0.5, 0.6) is 5.75 Å². The van der Waals surface area contributed by atoms with Crippen molar-refractivity contribution in [3.63, 3.8) is 0 Å². The first-order chi connectivity index (χ1) is 20.6. The minimum atomic E-state index is -4.67. The van der Waals surface area contributed by atoms with E-state index in [-0.39, 0.29) is 22.9 Å². The fourth-order valence-electron chi connectivity index (χ4n) is 4.08. The lowest BCUT2D eigenvalue weighted by Crippen LogP contribution is -2.42. The summed E-state index contributed by atoms with van der Waals surface area (Å²) in [4.78, 5) is 34.8. The number of fused-ring (bicyclic) bond motifs is 1. The molecule has 0 saturated carbocycles. The van der Waals surface area contributed by atoms with Gasteiger partial charge in [-0.15, -0.1) is 0 Å². The van der Waals surface area contributed by atoms with Gasteiger partial charge in [-0.2, -0.15) is 4.98 Å². The molecular formula is C26H30F2N5O8P. The van der Waals surface area contributed by atoms with Crippen molar-refractivity contribution in [3.8, 4) is 17.6 Å². The molecule has 1 aliphatic rings. The average molecular weight is 612 g/mol. The van der Waals surface area contributed by atoms with Gasteiger partial charge in [-0.25, -0.2) is 18.3 Å². The summed E-state index contributed by atoms with van der Waals surface area (Å²) in [5, 5.41) is 11.1. The third-order valence-corrected chi connectivity index (χ3v) is 7.82. The van der Waals surface area contributed by atoms with Crippen molar-refractivity contribution in [1.29, 1.82) is 0 Å². The fraction of sp³-hybridized carbons (Fsp3) is 0.462. The lowest BCUT2D eigenvalue weighted by molar-refractivity contribution is -0.151. The van der Waals surface area contributed by atoms with Crippen LogP contribution >= 0.6 is 7.60 Å². The Hall–Kier alpha value is -3.83. The zero-order valence-electron chi connectivity index (χ0n) is 24.7. The maximum atomic E-state index is 16.6. The van der Waals surface area contributed by atoms with E-state index in [9.17, 15) is 23.7 Å². The number of nitrogens with one attached hydrogen (secondary N) is 1. The Morgan fingerprint density at radius 2 is 2.10 bits per heavy atom. The number of imidazole rings is 1. The highest BCUT2D eigenvalue weighted by atomic mass is 31.2. The van der Waals surface area contributed by atoms with Crippen LogP contribution in [0.1, 0.15) is 29.7 Å². The number of hydrogen-bond acceptors (Lipinski definition) is 11. The minimum absolute atomic E-state index is 0.00533. The van der Waals surface area contributed by atoms with Crippen molar-refractivity contribution in [2.45, 2.75) is 51.0 Å². The first-order valence-corrected chi connectivity index (χ1v) is 14.4. The SMILES string of the molecule is [2H]C([2H])(O[P@@](=O)(C[C@@H](C)C(=O)OC(C)C)Oc1ccccc1)[C@H]1O[C@@H](n2cnc3c(=O)[nH]c(N)nc32)C(F)(C#CCF)[C@H]1O. The standard InChI is InChI=1S/C26H30F2N5O8P/c1-15(2)39-23(36)16(3)13-42(37,41-17-8-5-4-6-9-17)38-12-18-20(34)26(28,10-7-11-27)24(40-18)33-14-30-19-21(33)31-25(29)32-22(19)35/h4-6,8-9,14-16,18,20,24,34H,11-13H2,1-3H3,(H3,29,31,32,35)/t16-,18-,20+,24-,26?,42+/m1/s1/i12D2. The van der Waals surface area contributed by atoms with E-state index in [2.05, 4.69) is 15.0 Å². The van der Waals surface area contributed by atoms with Gasteiger partial charge in [0, 0.05) is 0 Å². The van der Waals surface area contributed by atoms with E-state index < -0.39 is 74.6 Å². The highest BCUT2D eigenvalue weighted by Crippen LogP contribution is 2.51. The summed E-state index contributed by atoms with van der Waals surface area (Å²) in [6.07, 6.45) is -7.12. The summed E-state index contributed by atoms with van der Waals surface area (Å²) in [6, 6.07) is 7.54. The smallest absolute Gasteiger partial charge is 0.380 e. The Morgan fingerprint density at radius 3 is 2.76 bits per heavy atom. The van der Waals surface area contributed by atoms with E-state index in [0.29, 0.717) is 0 Å². The number of aliphatic hydroxyl groups is 1. The maximum absolute atomic E-state index is 16.6. The molecule has 3 aromatic rings. The van der Waals surface area contributed by atoms with Crippen LogP contribution in [0.25, 0.3) is 11.2 Å². The second-order valence-corrected chi connectivity index (χ2v) is 11.6. The van der Waals surface area contributed by atoms with Crippen molar-refractivity contribution in [2.24, 2.45) is 5.92 Å². The predicted molar refractivity (Wildman–Crippen MR) is 146 cm³/mol. The summed E-state index contributed by atoms with van der Waals surface area (Å²) in [6.45, 7) is -0.0548. The number of nitrogens with zero attached hydrogens (tertiary/aromatic N) is 3. The van der Waals surface area contributed by atoms with Gasteiger partial charge in [0.1, 0.15) is 24.6 Å². The molecule has 1 aliphatic heterocycles. The molecule has 1 saturated heterocycles. The van der Waals surface area contributed by atoms with Crippen LogP contribution < -0.4 is 15.8 Å². The quantitative estimate of drug-likeness (QED) is 0.174. The van der Waals surface area contributed by atoms with E-state index in [4.69, 9.17) is 27.0 Å². The largest absolute Gasteiger partial charge is 0.463 e. The first-order valence-electron chi connectivity index (χ1n) is 13.7. The molecule has 226 valence electrons. The first kappa shape index (κ1) is 28.3. The molecule has 0 bridgehead atoms. The van der Waals surface area contributed by atoms with E-state index in [1.165, 1.54) is 19.1 Å². The Labute approximate surface area is 241 Å². The molecule has 1 unspecified atom stereocenters. The highest BCUT2D eigenvalue weighted by molar-refractivity contribution is 7.54. The summed E-state index contributed by atoms with van der Waals surface area (Å²) < 4.78 is 83.4. The number of rotatable bonds is 10. The van der Waals surface area contributed by atoms with Crippen molar-refractivity contribution in [2.75, 3.05) is 25.1 Å². The molecular weight excluding hydrogens is 579 g/mol. The number of anilines is 1. The molecule has 3 heterocycles. The third kappa shape index (κ3) is 6.63. The lowest BCUT2D eigenvalue weighted by Gasteiger charge is -2.25. The molecule has 4 rings (SSSR count). The second kappa shape index (κ2) is 12.6. The summed E-state index contributed by atoms with van der Waals surface area (Å²) >= 11 is 0. The normalized spacial score (nSPS) is 25.2. The summed E-state index contributed by atoms with van der Waals surface area (Å²) in [7, 11) is -4.67. The number of aromatic amines is 1. The number of hydrogen-bond donors (Lipinski definition) is 3. The Kier molecular flexibility index (Phi) is 8.48. The molecule has 6 atom stereocenters. The van der Waals surface area contributed by atoms with E-state index in [0.717, 1.165) is 10.9 Å². The van der Waals surface area contributed by atoms with Crippen LogP contribution in [0.4, 0.5) is 14.7 Å². The number of para-hydroxylation sites is 1. The number of nitrogen functional groups attached to an aromatic ring is 1. The van der Waals surface area contributed by atoms with Crippen LogP contribution in [-0.2, 0) is 23.4 Å². The Morgan fingerprint density at radius 1 is 1.38 bits per heavy atom. The summed E-state index contributed by atoms with van der Waals surface area (Å²) in [5.74, 6) is 1.51. The van der Waals surface area contributed by atoms with Crippen molar-refractivity contribution in [3.05, 3.63) is 47.0 Å². The molecule has 1 fully saturated rings. The van der Waals surface area contributed by atoms with Gasteiger partial charge in [-0.05, 0) is 26.0 Å². The number of ether oxygens (including phenoxy) is 2. The van der Waals surface area contributed by atoms with Gasteiger partial charge < -0.3 is 24.8 Å². The predicted octanol–water partition coefficient (Wildman–Crippen LogP) is 2.52. The number of alkyl halides is 2. The van der Waals surface area contributed by atoms with Gasteiger partial charge in [0.05, 0.1) is 33.8 Å². The molecule has 13 nitrogen and oxygen atoms in total. The Bertz CT molecular complexity index is 1680. The van der Waals surface area contributed by atoms with E-state index in [1.807, 2.05) is 11.8 Å².